The van der Waals surface area contributed by atoms with Crippen LogP contribution >= 0.6 is 0 Å². The summed E-state index contributed by atoms with van der Waals surface area (Å²) in [5.41, 5.74) is 2.82. The van der Waals surface area contributed by atoms with E-state index in [0.29, 0.717) is 11.4 Å². The minimum absolute atomic E-state index is 0.148. The smallest absolute Gasteiger partial charge is 0.258 e. The highest BCUT2D eigenvalue weighted by Crippen LogP contribution is 2.18. The van der Waals surface area contributed by atoms with Gasteiger partial charge in [0.05, 0.1) is 11.8 Å². The SMILES string of the molecule is O=C(Nc1ccn[nH]1)c1cncc2c1CCNC2. The van der Waals surface area contributed by atoms with Crippen LogP contribution in [-0.2, 0) is 13.0 Å². The second-order valence-corrected chi connectivity index (χ2v) is 4.18. The highest BCUT2D eigenvalue weighted by molar-refractivity contribution is 6.04. The number of pyridine rings is 1. The lowest BCUT2D eigenvalue weighted by Gasteiger charge is -2.19. The number of hydrogen-bond donors (Lipinski definition) is 3. The van der Waals surface area contributed by atoms with Crippen molar-refractivity contribution in [2.75, 3.05) is 11.9 Å². The average molecular weight is 243 g/mol. The molecule has 1 amide bonds. The Morgan fingerprint density at radius 2 is 2.33 bits per heavy atom. The highest BCUT2D eigenvalue weighted by Gasteiger charge is 2.18. The molecule has 6 nitrogen and oxygen atoms in total. The van der Waals surface area contributed by atoms with E-state index >= 15 is 0 Å². The van der Waals surface area contributed by atoms with Gasteiger partial charge in [-0.25, -0.2) is 0 Å². The first kappa shape index (κ1) is 10.9. The van der Waals surface area contributed by atoms with Gasteiger partial charge in [-0.05, 0) is 24.1 Å². The van der Waals surface area contributed by atoms with Gasteiger partial charge < -0.3 is 10.6 Å². The predicted molar refractivity (Wildman–Crippen MR) is 66.2 cm³/mol. The normalized spacial score (nSPS) is 14.0. The lowest BCUT2D eigenvalue weighted by atomic mass is 9.98. The monoisotopic (exact) mass is 243 g/mol. The van der Waals surface area contributed by atoms with E-state index in [-0.39, 0.29) is 5.91 Å². The lowest BCUT2D eigenvalue weighted by Crippen LogP contribution is -2.27. The Morgan fingerprint density at radius 3 is 3.17 bits per heavy atom. The standard InChI is InChI=1S/C12H13N5O/c18-12(16-11-2-4-15-17-11)10-7-14-6-8-5-13-3-1-9(8)10/h2,4,6-7,13H,1,3,5H2,(H2,15,16,17,18). The van der Waals surface area contributed by atoms with Crippen molar-refractivity contribution >= 4 is 11.7 Å². The number of amides is 1. The van der Waals surface area contributed by atoms with Crippen molar-refractivity contribution < 1.29 is 4.79 Å². The van der Waals surface area contributed by atoms with E-state index in [2.05, 4.69) is 25.8 Å². The van der Waals surface area contributed by atoms with E-state index in [9.17, 15) is 4.79 Å². The van der Waals surface area contributed by atoms with E-state index in [1.54, 1.807) is 18.5 Å². The lowest BCUT2D eigenvalue weighted by molar-refractivity contribution is 0.102. The largest absolute Gasteiger partial charge is 0.312 e. The molecule has 0 radical (unpaired) electrons. The molecule has 1 aliphatic heterocycles. The molecule has 3 N–H and O–H groups in total. The molecular formula is C12H13N5O. The van der Waals surface area contributed by atoms with Gasteiger partial charge in [0.2, 0.25) is 0 Å². The van der Waals surface area contributed by atoms with E-state index < -0.39 is 0 Å². The van der Waals surface area contributed by atoms with Gasteiger partial charge >= 0.3 is 0 Å². The summed E-state index contributed by atoms with van der Waals surface area (Å²) < 4.78 is 0. The number of fused-ring (bicyclic) bond motifs is 1. The Labute approximate surface area is 104 Å². The van der Waals surface area contributed by atoms with Crippen LogP contribution < -0.4 is 10.6 Å². The maximum absolute atomic E-state index is 12.2. The predicted octanol–water partition coefficient (Wildman–Crippen LogP) is 0.703. The summed E-state index contributed by atoms with van der Waals surface area (Å²) in [4.78, 5) is 16.3. The molecular weight excluding hydrogens is 230 g/mol. The molecule has 2 aromatic rings. The van der Waals surface area contributed by atoms with Crippen LogP contribution in [0.3, 0.4) is 0 Å². The van der Waals surface area contributed by atoms with Crippen LogP contribution in [0.5, 0.6) is 0 Å². The van der Waals surface area contributed by atoms with Crippen molar-refractivity contribution in [1.82, 2.24) is 20.5 Å². The molecule has 0 fully saturated rings. The van der Waals surface area contributed by atoms with Crippen molar-refractivity contribution in [2.24, 2.45) is 0 Å². The summed E-state index contributed by atoms with van der Waals surface area (Å²) >= 11 is 0. The van der Waals surface area contributed by atoms with E-state index in [1.165, 1.54) is 0 Å². The van der Waals surface area contributed by atoms with E-state index in [4.69, 9.17) is 0 Å². The van der Waals surface area contributed by atoms with Crippen LogP contribution in [0.2, 0.25) is 0 Å². The van der Waals surface area contributed by atoms with Crippen LogP contribution in [0.15, 0.2) is 24.7 Å². The molecule has 0 spiro atoms. The van der Waals surface area contributed by atoms with Gasteiger partial charge in [-0.1, -0.05) is 0 Å². The zero-order chi connectivity index (χ0) is 12.4. The fourth-order valence-corrected chi connectivity index (χ4v) is 2.13. The molecule has 3 rings (SSSR count). The third-order valence-electron chi connectivity index (χ3n) is 3.01. The molecule has 0 saturated carbocycles. The molecule has 3 heterocycles. The number of nitrogens with zero attached hydrogens (tertiary/aromatic N) is 2. The summed E-state index contributed by atoms with van der Waals surface area (Å²) in [7, 11) is 0. The van der Waals surface area contributed by atoms with E-state index in [0.717, 1.165) is 30.6 Å². The van der Waals surface area contributed by atoms with Crippen molar-refractivity contribution in [1.29, 1.82) is 0 Å². The van der Waals surface area contributed by atoms with Crippen LogP contribution in [0.1, 0.15) is 21.5 Å². The van der Waals surface area contributed by atoms with Gasteiger partial charge in [0.1, 0.15) is 5.82 Å². The van der Waals surface area contributed by atoms with Crippen molar-refractivity contribution in [2.45, 2.75) is 13.0 Å². The fraction of sp³-hybridized carbons (Fsp3) is 0.250. The molecule has 18 heavy (non-hydrogen) atoms. The maximum Gasteiger partial charge on any atom is 0.258 e. The fourth-order valence-electron chi connectivity index (χ4n) is 2.13. The summed E-state index contributed by atoms with van der Waals surface area (Å²) in [6, 6.07) is 1.71. The molecule has 6 heteroatoms. The van der Waals surface area contributed by atoms with Gasteiger partial charge in [-0.3, -0.25) is 14.9 Å². The second kappa shape index (κ2) is 4.58. The summed E-state index contributed by atoms with van der Waals surface area (Å²) in [6.07, 6.45) is 5.88. The third kappa shape index (κ3) is 1.98. The van der Waals surface area contributed by atoms with Crippen molar-refractivity contribution in [3.8, 4) is 0 Å². The van der Waals surface area contributed by atoms with Crippen molar-refractivity contribution in [3.05, 3.63) is 41.3 Å². The Kier molecular flexibility index (Phi) is 2.77. The summed E-state index contributed by atoms with van der Waals surface area (Å²) in [5, 5.41) is 12.5. The first-order valence-electron chi connectivity index (χ1n) is 5.82. The Balaban J connectivity index is 1.89. The number of carbonyl (C=O) groups is 1. The first-order chi connectivity index (χ1) is 8.84. The first-order valence-corrected chi connectivity index (χ1v) is 5.82. The Bertz CT molecular complexity index is 564. The van der Waals surface area contributed by atoms with Crippen molar-refractivity contribution in [3.63, 3.8) is 0 Å². The number of hydrogen-bond acceptors (Lipinski definition) is 4. The number of nitrogens with one attached hydrogen (secondary N) is 3. The minimum atomic E-state index is -0.148. The minimum Gasteiger partial charge on any atom is -0.312 e. The zero-order valence-electron chi connectivity index (χ0n) is 9.73. The van der Waals surface area contributed by atoms with Gasteiger partial charge in [0.15, 0.2) is 0 Å². The Morgan fingerprint density at radius 1 is 1.39 bits per heavy atom. The van der Waals surface area contributed by atoms with Crippen LogP contribution in [0, 0.1) is 0 Å². The van der Waals surface area contributed by atoms with Gasteiger partial charge in [-0.15, -0.1) is 0 Å². The summed E-state index contributed by atoms with van der Waals surface area (Å²) in [6.45, 7) is 1.66. The summed E-state index contributed by atoms with van der Waals surface area (Å²) in [5.74, 6) is 0.442. The highest BCUT2D eigenvalue weighted by atomic mass is 16.1. The van der Waals surface area contributed by atoms with Gasteiger partial charge in [0, 0.05) is 25.0 Å². The average Bonchev–Trinajstić information content (AvgIpc) is 2.91. The van der Waals surface area contributed by atoms with Gasteiger partial charge in [-0.2, -0.15) is 5.10 Å². The quantitative estimate of drug-likeness (QED) is 0.725. The molecule has 0 bridgehead atoms. The number of carbonyl (C=O) groups excluding carboxylic acids is 1. The van der Waals surface area contributed by atoms with Crippen LogP contribution in [0.4, 0.5) is 5.82 Å². The topological polar surface area (TPSA) is 82.7 Å². The second-order valence-electron chi connectivity index (χ2n) is 4.18. The molecule has 0 unspecified atom stereocenters. The zero-order valence-corrected chi connectivity index (χ0v) is 9.73. The molecule has 92 valence electrons. The number of aromatic amines is 1. The molecule has 0 atom stereocenters. The molecule has 2 aromatic heterocycles. The number of anilines is 1. The molecule has 0 saturated heterocycles. The molecule has 0 aliphatic carbocycles. The van der Waals surface area contributed by atoms with Crippen LogP contribution in [0.25, 0.3) is 0 Å². The van der Waals surface area contributed by atoms with E-state index in [1.807, 2.05) is 6.20 Å². The maximum atomic E-state index is 12.2. The van der Waals surface area contributed by atoms with Crippen LogP contribution in [-0.4, -0.2) is 27.6 Å². The van der Waals surface area contributed by atoms with Gasteiger partial charge in [0.25, 0.3) is 5.91 Å². The molecule has 1 aliphatic rings. The third-order valence-corrected chi connectivity index (χ3v) is 3.01. The number of H-pyrrole nitrogens is 1. The Hall–Kier alpha value is -2.21. The number of aromatic nitrogens is 3. The molecule has 0 aromatic carbocycles. The number of rotatable bonds is 2.